The van der Waals surface area contributed by atoms with Gasteiger partial charge in [-0.1, -0.05) is 30.8 Å². The molecule has 8 nitrogen and oxygen atoms in total. The van der Waals surface area contributed by atoms with Crippen molar-refractivity contribution in [3.05, 3.63) is 45.9 Å². The first-order valence-corrected chi connectivity index (χ1v) is 9.19. The van der Waals surface area contributed by atoms with Crippen molar-refractivity contribution < 1.29 is 9.90 Å². The average molecular weight is 373 g/mol. The number of benzene rings is 1. The Balaban J connectivity index is 1.86. The number of hydrogen-bond donors (Lipinski definition) is 3. The second-order valence-electron chi connectivity index (χ2n) is 5.77. The highest BCUT2D eigenvalue weighted by atomic mass is 32.2. The number of fused-ring (bicyclic) bond motifs is 1. The van der Waals surface area contributed by atoms with Crippen LogP contribution in [0, 0.1) is 0 Å². The largest absolute Gasteiger partial charge is 0.478 e. The van der Waals surface area contributed by atoms with Crippen LogP contribution in [-0.4, -0.2) is 36.3 Å². The number of aromatic nitrogens is 4. The van der Waals surface area contributed by atoms with Gasteiger partial charge in [-0.3, -0.25) is 4.57 Å². The number of thioether (sulfide) groups is 1. The van der Waals surface area contributed by atoms with Gasteiger partial charge in [0.2, 0.25) is 0 Å². The molecule has 0 atom stereocenters. The van der Waals surface area contributed by atoms with E-state index in [1.54, 1.807) is 24.3 Å². The number of aromatic amines is 1. The van der Waals surface area contributed by atoms with Gasteiger partial charge in [0.05, 0.1) is 5.56 Å². The summed E-state index contributed by atoms with van der Waals surface area (Å²) in [5, 5.41) is 9.50. The summed E-state index contributed by atoms with van der Waals surface area (Å²) < 4.78 is 1.54. The van der Waals surface area contributed by atoms with Crippen molar-refractivity contribution in [3.8, 4) is 0 Å². The maximum absolute atomic E-state index is 12.3. The highest BCUT2D eigenvalue weighted by Gasteiger charge is 2.14. The van der Waals surface area contributed by atoms with E-state index >= 15 is 0 Å². The summed E-state index contributed by atoms with van der Waals surface area (Å²) in [6, 6.07) is 6.59. The number of aryl methyl sites for hydroxylation is 2. The SMILES string of the molecule is CCCSc1nc(N)c2[nH]c(=O)n(CCc3ccc(C(=O)O)cc3)c2n1. The Hall–Kier alpha value is -2.81. The first-order valence-electron chi connectivity index (χ1n) is 8.20. The van der Waals surface area contributed by atoms with Crippen LogP contribution in [0.15, 0.2) is 34.2 Å². The lowest BCUT2D eigenvalue weighted by atomic mass is 10.1. The molecule has 0 radical (unpaired) electrons. The van der Waals surface area contributed by atoms with E-state index in [2.05, 4.69) is 21.9 Å². The maximum atomic E-state index is 12.3. The Kier molecular flexibility index (Phi) is 5.27. The van der Waals surface area contributed by atoms with E-state index in [1.165, 1.54) is 16.3 Å². The molecule has 0 aliphatic carbocycles. The predicted octanol–water partition coefficient (Wildman–Crippen LogP) is 2.14. The third kappa shape index (κ3) is 3.72. The normalized spacial score (nSPS) is 11.1. The lowest BCUT2D eigenvalue weighted by molar-refractivity contribution is 0.0697. The Morgan fingerprint density at radius 2 is 2.04 bits per heavy atom. The topological polar surface area (TPSA) is 127 Å². The summed E-state index contributed by atoms with van der Waals surface area (Å²) in [6.45, 7) is 2.47. The smallest absolute Gasteiger partial charge is 0.335 e. The summed E-state index contributed by atoms with van der Waals surface area (Å²) in [6.07, 6.45) is 1.55. The van der Waals surface area contributed by atoms with E-state index < -0.39 is 5.97 Å². The summed E-state index contributed by atoms with van der Waals surface area (Å²) >= 11 is 1.50. The molecule has 0 saturated heterocycles. The van der Waals surface area contributed by atoms with Gasteiger partial charge in [-0.15, -0.1) is 0 Å². The number of rotatable bonds is 7. The lowest BCUT2D eigenvalue weighted by Crippen LogP contribution is -2.18. The summed E-state index contributed by atoms with van der Waals surface area (Å²) in [5.74, 6) is 0.166. The first kappa shape index (κ1) is 18.0. The van der Waals surface area contributed by atoms with Crippen LogP contribution in [0.4, 0.5) is 5.82 Å². The molecule has 2 heterocycles. The zero-order chi connectivity index (χ0) is 18.7. The number of nitrogens with one attached hydrogen (secondary N) is 1. The van der Waals surface area contributed by atoms with Gasteiger partial charge in [0, 0.05) is 12.3 Å². The molecule has 26 heavy (non-hydrogen) atoms. The maximum Gasteiger partial charge on any atom is 0.335 e. The highest BCUT2D eigenvalue weighted by Crippen LogP contribution is 2.21. The molecule has 1 aromatic carbocycles. The molecule has 4 N–H and O–H groups in total. The van der Waals surface area contributed by atoms with Gasteiger partial charge in [0.25, 0.3) is 0 Å². The van der Waals surface area contributed by atoms with Crippen molar-refractivity contribution in [1.82, 2.24) is 19.5 Å². The third-order valence-corrected chi connectivity index (χ3v) is 4.94. The van der Waals surface area contributed by atoms with Gasteiger partial charge in [-0.2, -0.15) is 0 Å². The molecule has 0 saturated carbocycles. The minimum Gasteiger partial charge on any atom is -0.478 e. The van der Waals surface area contributed by atoms with Crippen LogP contribution < -0.4 is 11.4 Å². The molecule has 136 valence electrons. The minimum absolute atomic E-state index is 0.233. The van der Waals surface area contributed by atoms with Gasteiger partial charge >= 0.3 is 11.7 Å². The molecule has 3 aromatic rings. The van der Waals surface area contributed by atoms with Crippen LogP contribution in [0.3, 0.4) is 0 Å². The fourth-order valence-corrected chi connectivity index (χ4v) is 3.25. The Labute approximate surface area is 153 Å². The molecule has 2 aromatic heterocycles. The van der Waals surface area contributed by atoms with Crippen LogP contribution in [0.5, 0.6) is 0 Å². The van der Waals surface area contributed by atoms with E-state index in [9.17, 15) is 9.59 Å². The minimum atomic E-state index is -0.964. The molecule has 3 rings (SSSR count). The van der Waals surface area contributed by atoms with Crippen molar-refractivity contribution in [2.24, 2.45) is 0 Å². The first-order chi connectivity index (χ1) is 12.5. The zero-order valence-corrected chi connectivity index (χ0v) is 15.0. The van der Waals surface area contributed by atoms with Gasteiger partial charge in [-0.05, 0) is 30.5 Å². The monoisotopic (exact) mass is 373 g/mol. The fourth-order valence-electron chi connectivity index (χ4n) is 2.55. The van der Waals surface area contributed by atoms with E-state index in [4.69, 9.17) is 10.8 Å². The van der Waals surface area contributed by atoms with Gasteiger partial charge < -0.3 is 15.8 Å². The lowest BCUT2D eigenvalue weighted by Gasteiger charge is -2.06. The number of carboxylic acids is 1. The summed E-state index contributed by atoms with van der Waals surface area (Å²) in [4.78, 5) is 34.6. The van der Waals surface area contributed by atoms with Crippen LogP contribution >= 0.6 is 11.8 Å². The summed E-state index contributed by atoms with van der Waals surface area (Å²) in [7, 11) is 0. The number of anilines is 1. The Morgan fingerprint density at radius 1 is 1.31 bits per heavy atom. The molecule has 0 bridgehead atoms. The second-order valence-corrected chi connectivity index (χ2v) is 6.83. The zero-order valence-electron chi connectivity index (χ0n) is 14.2. The van der Waals surface area contributed by atoms with Crippen LogP contribution in [0.1, 0.15) is 29.3 Å². The number of carboxylic acid groups (broad SMARTS) is 1. The van der Waals surface area contributed by atoms with Crippen molar-refractivity contribution in [2.75, 3.05) is 11.5 Å². The van der Waals surface area contributed by atoms with E-state index in [0.29, 0.717) is 29.3 Å². The number of nitrogens with two attached hydrogens (primary N) is 1. The molecular formula is C17H19N5O3S. The summed E-state index contributed by atoms with van der Waals surface area (Å²) in [5.41, 5.74) is 7.76. The molecule has 0 aliphatic rings. The number of nitrogen functional groups attached to an aromatic ring is 1. The Bertz CT molecular complexity index is 994. The number of hydrogen-bond acceptors (Lipinski definition) is 6. The molecule has 9 heteroatoms. The third-order valence-electron chi connectivity index (χ3n) is 3.89. The number of aromatic carboxylic acids is 1. The van der Waals surface area contributed by atoms with Crippen molar-refractivity contribution in [1.29, 1.82) is 0 Å². The highest BCUT2D eigenvalue weighted by molar-refractivity contribution is 7.99. The molecule has 0 unspecified atom stereocenters. The van der Waals surface area contributed by atoms with Crippen molar-refractivity contribution >= 4 is 34.7 Å². The van der Waals surface area contributed by atoms with Crippen molar-refractivity contribution in [2.45, 2.75) is 31.5 Å². The molecule has 0 fully saturated rings. The van der Waals surface area contributed by atoms with Crippen LogP contribution in [0.2, 0.25) is 0 Å². The van der Waals surface area contributed by atoms with E-state index in [0.717, 1.165) is 17.7 Å². The van der Waals surface area contributed by atoms with Gasteiger partial charge in [0.1, 0.15) is 5.52 Å². The molecule has 0 amide bonds. The van der Waals surface area contributed by atoms with Gasteiger partial charge in [0.15, 0.2) is 16.6 Å². The number of imidazole rings is 1. The van der Waals surface area contributed by atoms with E-state index in [1.807, 2.05) is 0 Å². The molecule has 0 spiro atoms. The van der Waals surface area contributed by atoms with Crippen molar-refractivity contribution in [3.63, 3.8) is 0 Å². The standard InChI is InChI=1S/C17H19N5O3S/c1-2-9-26-16-20-13(18)12-14(21-16)22(17(25)19-12)8-7-10-3-5-11(6-4-10)15(23)24/h3-6H,2,7-9H2,1H3,(H,19,25)(H,23,24)(H2,18,20,21). The number of nitrogens with zero attached hydrogens (tertiary/aromatic N) is 3. The Morgan fingerprint density at radius 3 is 2.69 bits per heavy atom. The fraction of sp³-hybridized carbons (Fsp3) is 0.294. The molecular weight excluding hydrogens is 354 g/mol. The average Bonchev–Trinajstić information content (AvgIpc) is 2.94. The van der Waals surface area contributed by atoms with E-state index in [-0.39, 0.29) is 17.1 Å². The van der Waals surface area contributed by atoms with Crippen LogP contribution in [0.25, 0.3) is 11.2 Å². The van der Waals surface area contributed by atoms with Crippen LogP contribution in [-0.2, 0) is 13.0 Å². The second kappa shape index (κ2) is 7.61. The quantitative estimate of drug-likeness (QED) is 0.428. The molecule has 0 aliphatic heterocycles. The predicted molar refractivity (Wildman–Crippen MR) is 101 cm³/mol. The number of H-pyrrole nitrogens is 1. The number of carbonyl (C=O) groups is 1. The van der Waals surface area contributed by atoms with Gasteiger partial charge in [-0.25, -0.2) is 19.6 Å².